The van der Waals surface area contributed by atoms with E-state index in [1.165, 1.54) is 28.9 Å². The van der Waals surface area contributed by atoms with Crippen molar-refractivity contribution in [3.05, 3.63) is 42.0 Å². The Labute approximate surface area is 168 Å². The third-order valence-electron chi connectivity index (χ3n) is 5.11. The van der Waals surface area contributed by atoms with Crippen molar-refractivity contribution in [3.63, 3.8) is 0 Å². The molecule has 1 unspecified atom stereocenters. The van der Waals surface area contributed by atoms with Crippen molar-refractivity contribution in [3.8, 4) is 11.4 Å². The Morgan fingerprint density at radius 3 is 2.77 bits per heavy atom. The third-order valence-corrected chi connectivity index (χ3v) is 5.11. The minimum Gasteiger partial charge on any atom is -0.389 e. The Morgan fingerprint density at radius 2 is 2.10 bits per heavy atom. The molecule has 1 saturated heterocycles. The van der Waals surface area contributed by atoms with E-state index in [2.05, 4.69) is 20.4 Å². The largest absolute Gasteiger partial charge is 0.389 e. The number of aromatic nitrogens is 4. The quantitative estimate of drug-likeness (QED) is 0.612. The number of anilines is 1. The van der Waals surface area contributed by atoms with E-state index in [0.717, 1.165) is 13.1 Å². The van der Waals surface area contributed by atoms with Crippen LogP contribution in [0.3, 0.4) is 0 Å². The molecule has 3 aromatic heterocycles. The summed E-state index contributed by atoms with van der Waals surface area (Å²) in [4.78, 5) is 8.10. The van der Waals surface area contributed by atoms with Crippen molar-refractivity contribution in [2.75, 3.05) is 18.5 Å². The molecule has 0 aromatic carbocycles. The molecule has 0 spiro atoms. The number of ether oxygens (including phenoxy) is 1. The molecule has 0 aliphatic carbocycles. The zero-order chi connectivity index (χ0) is 21.5. The number of fused-ring (bicyclic) bond motifs is 1. The number of hydrogen-bond acceptors (Lipinski definition) is 6. The van der Waals surface area contributed by atoms with E-state index in [1.807, 2.05) is 0 Å². The molecule has 11 heteroatoms. The summed E-state index contributed by atoms with van der Waals surface area (Å²) >= 11 is 0. The first-order chi connectivity index (χ1) is 14.3. The minimum atomic E-state index is -3.21. The molecule has 1 aliphatic rings. The van der Waals surface area contributed by atoms with Gasteiger partial charge in [0.2, 0.25) is 5.95 Å². The molecule has 0 bridgehead atoms. The van der Waals surface area contributed by atoms with E-state index < -0.39 is 24.0 Å². The Hall–Kier alpha value is -2.79. The molecule has 30 heavy (non-hydrogen) atoms. The number of aliphatic hydroxyl groups is 1. The lowest BCUT2D eigenvalue weighted by atomic mass is 10.00. The number of alkyl halides is 3. The van der Waals surface area contributed by atoms with Gasteiger partial charge in [-0.1, -0.05) is 6.07 Å². The Morgan fingerprint density at radius 1 is 1.30 bits per heavy atom. The van der Waals surface area contributed by atoms with Crippen LogP contribution in [0, 0.1) is 5.82 Å². The van der Waals surface area contributed by atoms with E-state index >= 15 is 0 Å². The lowest BCUT2D eigenvalue weighted by Gasteiger charge is -2.28. The Kier molecular flexibility index (Phi) is 5.33. The highest BCUT2D eigenvalue weighted by Crippen LogP contribution is 2.33. The van der Waals surface area contributed by atoms with Crippen LogP contribution in [0.15, 0.2) is 30.6 Å². The van der Waals surface area contributed by atoms with Gasteiger partial charge in [0.05, 0.1) is 36.3 Å². The van der Waals surface area contributed by atoms with E-state index in [0.29, 0.717) is 13.0 Å². The molecule has 4 heterocycles. The molecule has 3 aromatic rings. The van der Waals surface area contributed by atoms with Crippen molar-refractivity contribution >= 4 is 11.5 Å². The van der Waals surface area contributed by atoms with Crippen LogP contribution < -0.4 is 5.32 Å². The molecule has 0 amide bonds. The second kappa shape index (κ2) is 7.80. The van der Waals surface area contributed by atoms with E-state index in [9.17, 15) is 22.7 Å². The standard InChI is InChI=1S/C19H19F4N5O2/c1-19(23,17(21)22)10-2-3-12(24-7-10)14-6-11(20)15-8-25-18(27-28(14)15)26-13-4-5-30-9-16(13)29/h2-3,6-8,13,16-17,29H,4-5,9H2,1H3,(H,26,27)/t13-,16-,19?/m1/s1. The number of nitrogens with zero attached hydrogens (tertiary/aromatic N) is 4. The van der Waals surface area contributed by atoms with E-state index in [4.69, 9.17) is 4.74 Å². The number of nitrogens with one attached hydrogen (secondary N) is 1. The first-order valence-electron chi connectivity index (χ1n) is 9.28. The zero-order valence-electron chi connectivity index (χ0n) is 15.9. The summed E-state index contributed by atoms with van der Waals surface area (Å²) in [5.74, 6) is -0.438. The number of halogens is 4. The maximum atomic E-state index is 14.4. The highest BCUT2D eigenvalue weighted by molar-refractivity contribution is 5.64. The summed E-state index contributed by atoms with van der Waals surface area (Å²) in [6.45, 7) is 1.44. The fraction of sp³-hybridized carbons (Fsp3) is 0.421. The van der Waals surface area contributed by atoms with Crippen LogP contribution in [0.1, 0.15) is 18.9 Å². The first kappa shape index (κ1) is 20.5. The fourth-order valence-electron chi connectivity index (χ4n) is 3.22. The van der Waals surface area contributed by atoms with Gasteiger partial charge in [-0.3, -0.25) is 4.98 Å². The van der Waals surface area contributed by atoms with Crippen LogP contribution in [0.25, 0.3) is 16.9 Å². The number of rotatable bonds is 5. The van der Waals surface area contributed by atoms with Gasteiger partial charge in [0.1, 0.15) is 5.52 Å². The lowest BCUT2D eigenvalue weighted by molar-refractivity contribution is -0.0260. The van der Waals surface area contributed by atoms with Gasteiger partial charge in [-0.25, -0.2) is 27.1 Å². The average molecular weight is 425 g/mol. The van der Waals surface area contributed by atoms with Crippen molar-refractivity contribution in [2.24, 2.45) is 0 Å². The monoisotopic (exact) mass is 425 g/mol. The zero-order valence-corrected chi connectivity index (χ0v) is 15.9. The van der Waals surface area contributed by atoms with Gasteiger partial charge in [-0.05, 0) is 19.4 Å². The van der Waals surface area contributed by atoms with Gasteiger partial charge in [0, 0.05) is 24.4 Å². The van der Waals surface area contributed by atoms with Crippen molar-refractivity contribution in [2.45, 2.75) is 37.6 Å². The van der Waals surface area contributed by atoms with Gasteiger partial charge in [0.25, 0.3) is 6.43 Å². The molecule has 0 radical (unpaired) electrons. The summed E-state index contributed by atoms with van der Waals surface area (Å²) < 4.78 is 60.7. The lowest BCUT2D eigenvalue weighted by Crippen LogP contribution is -2.42. The molecule has 160 valence electrons. The Balaban J connectivity index is 1.67. The molecular weight excluding hydrogens is 406 g/mol. The minimum absolute atomic E-state index is 0.0804. The normalized spacial score (nSPS) is 21.7. The second-order valence-electron chi connectivity index (χ2n) is 7.25. The third kappa shape index (κ3) is 3.70. The first-order valence-corrected chi connectivity index (χ1v) is 9.28. The van der Waals surface area contributed by atoms with E-state index in [-0.39, 0.29) is 41.1 Å². The van der Waals surface area contributed by atoms with Crippen LogP contribution in [0.4, 0.5) is 23.5 Å². The van der Waals surface area contributed by atoms with Crippen LogP contribution in [0.5, 0.6) is 0 Å². The highest BCUT2D eigenvalue weighted by atomic mass is 19.3. The van der Waals surface area contributed by atoms with Crippen LogP contribution in [-0.4, -0.2) is 56.5 Å². The van der Waals surface area contributed by atoms with Crippen LogP contribution in [0.2, 0.25) is 0 Å². The average Bonchev–Trinajstić information content (AvgIpc) is 3.06. The van der Waals surface area contributed by atoms with Crippen molar-refractivity contribution in [1.82, 2.24) is 19.6 Å². The fourth-order valence-corrected chi connectivity index (χ4v) is 3.22. The summed E-state index contributed by atoms with van der Waals surface area (Å²) in [5.41, 5.74) is -2.59. The predicted molar refractivity (Wildman–Crippen MR) is 99.5 cm³/mol. The second-order valence-corrected chi connectivity index (χ2v) is 7.25. The van der Waals surface area contributed by atoms with Crippen molar-refractivity contribution < 1.29 is 27.4 Å². The molecule has 4 rings (SSSR count). The maximum Gasteiger partial charge on any atom is 0.276 e. The molecule has 3 atom stereocenters. The maximum absolute atomic E-state index is 14.4. The number of pyridine rings is 1. The van der Waals surface area contributed by atoms with Gasteiger partial charge in [-0.2, -0.15) is 0 Å². The summed E-state index contributed by atoms with van der Waals surface area (Å²) in [7, 11) is 0. The molecule has 2 N–H and O–H groups in total. The topological polar surface area (TPSA) is 84.6 Å². The van der Waals surface area contributed by atoms with Gasteiger partial charge >= 0.3 is 0 Å². The molecule has 1 aliphatic heterocycles. The molecule has 0 saturated carbocycles. The SMILES string of the molecule is CC(F)(c1ccc(-c2cc(F)c3cnc(N[C@@H]4CCOC[C@H]4O)nn23)nc1)C(F)F. The van der Waals surface area contributed by atoms with E-state index in [1.54, 1.807) is 0 Å². The van der Waals surface area contributed by atoms with Gasteiger partial charge in [0.15, 0.2) is 11.5 Å². The molecule has 1 fully saturated rings. The summed E-state index contributed by atoms with van der Waals surface area (Å²) in [6.07, 6.45) is -1.12. The predicted octanol–water partition coefficient (Wildman–Crippen LogP) is 2.94. The van der Waals surface area contributed by atoms with Gasteiger partial charge in [-0.15, -0.1) is 5.10 Å². The molecular formula is C19H19F4N5O2. The van der Waals surface area contributed by atoms with Crippen LogP contribution in [-0.2, 0) is 10.4 Å². The molecule has 7 nitrogen and oxygen atoms in total. The van der Waals surface area contributed by atoms with Crippen molar-refractivity contribution in [1.29, 1.82) is 0 Å². The summed E-state index contributed by atoms with van der Waals surface area (Å²) in [5, 5.41) is 17.3. The number of aliphatic hydroxyl groups excluding tert-OH is 1. The number of hydrogen-bond donors (Lipinski definition) is 2. The Bertz CT molecular complexity index is 1040. The highest BCUT2D eigenvalue weighted by Gasteiger charge is 2.37. The summed E-state index contributed by atoms with van der Waals surface area (Å²) in [6, 6.07) is 3.37. The van der Waals surface area contributed by atoms with Crippen LogP contribution >= 0.6 is 0 Å². The van der Waals surface area contributed by atoms with Gasteiger partial charge < -0.3 is 15.2 Å². The smallest absolute Gasteiger partial charge is 0.276 e.